The molecule has 0 atom stereocenters. The third kappa shape index (κ3) is 3.60. The Labute approximate surface area is 127 Å². The van der Waals surface area contributed by atoms with Gasteiger partial charge < -0.3 is 9.72 Å². The summed E-state index contributed by atoms with van der Waals surface area (Å²) in [4.78, 5) is 16.4. The molecule has 4 nitrogen and oxygen atoms in total. The van der Waals surface area contributed by atoms with Gasteiger partial charge in [0.25, 0.3) is 0 Å². The Morgan fingerprint density at radius 1 is 1.35 bits per heavy atom. The average Bonchev–Trinajstić information content (AvgIpc) is 2.82. The van der Waals surface area contributed by atoms with Crippen molar-refractivity contribution in [3.8, 4) is 0 Å². The fourth-order valence-corrected chi connectivity index (χ4v) is 2.61. The van der Waals surface area contributed by atoms with Crippen LogP contribution in [-0.2, 0) is 11.2 Å². The zero-order chi connectivity index (χ0) is 14.5. The lowest BCUT2D eigenvalue weighted by atomic mass is 10.0. The molecular weight excluding hydrogens is 318 g/mol. The van der Waals surface area contributed by atoms with Gasteiger partial charge in [0, 0.05) is 35.7 Å². The number of pyridine rings is 1. The van der Waals surface area contributed by atoms with Gasteiger partial charge in [-0.15, -0.1) is 0 Å². The van der Waals surface area contributed by atoms with E-state index in [9.17, 15) is 4.79 Å². The molecule has 2 aromatic heterocycles. The van der Waals surface area contributed by atoms with Crippen molar-refractivity contribution in [3.63, 3.8) is 0 Å². The van der Waals surface area contributed by atoms with Gasteiger partial charge in [-0.05, 0) is 40.9 Å². The van der Waals surface area contributed by atoms with E-state index in [0.29, 0.717) is 6.54 Å². The van der Waals surface area contributed by atoms with E-state index in [1.54, 1.807) is 0 Å². The third-order valence-electron chi connectivity index (χ3n) is 3.50. The number of halogens is 1. The standard InChI is InChI=1S/C15H20BrN3O/c1-3-11(4-2)15(20)17-8-7-13-10-19-9-12(16)5-6-14(19)18-13/h5-6,9-11H,3-4,7-8H2,1-2H3,(H,17,20). The molecular formula is C15H20BrN3O. The van der Waals surface area contributed by atoms with Crippen LogP contribution in [0.5, 0.6) is 0 Å². The number of hydrogen-bond acceptors (Lipinski definition) is 2. The van der Waals surface area contributed by atoms with E-state index < -0.39 is 0 Å². The molecule has 5 heteroatoms. The molecule has 0 aliphatic carbocycles. The molecule has 108 valence electrons. The zero-order valence-electron chi connectivity index (χ0n) is 11.9. The minimum atomic E-state index is 0.132. The highest BCUT2D eigenvalue weighted by Crippen LogP contribution is 2.12. The molecule has 1 N–H and O–H groups in total. The predicted octanol–water partition coefficient (Wildman–Crippen LogP) is 3.19. The summed E-state index contributed by atoms with van der Waals surface area (Å²) in [6, 6.07) is 3.94. The number of imidazole rings is 1. The molecule has 0 aliphatic rings. The topological polar surface area (TPSA) is 46.4 Å². The number of rotatable bonds is 6. The highest BCUT2D eigenvalue weighted by molar-refractivity contribution is 9.10. The minimum absolute atomic E-state index is 0.132. The van der Waals surface area contributed by atoms with Gasteiger partial charge >= 0.3 is 0 Å². The van der Waals surface area contributed by atoms with Crippen LogP contribution < -0.4 is 5.32 Å². The summed E-state index contributed by atoms with van der Waals surface area (Å²) in [6.07, 6.45) is 6.53. The summed E-state index contributed by atoms with van der Waals surface area (Å²) >= 11 is 3.44. The van der Waals surface area contributed by atoms with Crippen LogP contribution in [0.15, 0.2) is 29.0 Å². The van der Waals surface area contributed by atoms with Gasteiger partial charge in [-0.25, -0.2) is 4.98 Å². The summed E-state index contributed by atoms with van der Waals surface area (Å²) in [5, 5.41) is 2.99. The minimum Gasteiger partial charge on any atom is -0.355 e. The first-order valence-corrected chi connectivity index (χ1v) is 7.84. The lowest BCUT2D eigenvalue weighted by molar-refractivity contribution is -0.125. The molecule has 0 unspecified atom stereocenters. The average molecular weight is 338 g/mol. The summed E-state index contributed by atoms with van der Waals surface area (Å²) in [5.74, 6) is 0.286. The number of fused-ring (bicyclic) bond motifs is 1. The van der Waals surface area contributed by atoms with Gasteiger partial charge in [0.15, 0.2) is 0 Å². The number of hydrogen-bond donors (Lipinski definition) is 1. The van der Waals surface area contributed by atoms with Crippen LogP contribution in [0.3, 0.4) is 0 Å². The largest absolute Gasteiger partial charge is 0.355 e. The molecule has 2 rings (SSSR count). The quantitative estimate of drug-likeness (QED) is 0.879. The first-order chi connectivity index (χ1) is 9.63. The van der Waals surface area contributed by atoms with Crippen LogP contribution in [0, 0.1) is 5.92 Å². The summed E-state index contributed by atoms with van der Waals surface area (Å²) in [6.45, 7) is 4.74. The van der Waals surface area contributed by atoms with Crippen molar-refractivity contribution in [2.24, 2.45) is 5.92 Å². The molecule has 0 radical (unpaired) electrons. The number of nitrogens with one attached hydrogen (secondary N) is 1. The molecule has 2 aromatic rings. The van der Waals surface area contributed by atoms with Gasteiger partial charge in [0.2, 0.25) is 5.91 Å². The van der Waals surface area contributed by atoms with E-state index >= 15 is 0 Å². The van der Waals surface area contributed by atoms with E-state index in [1.807, 2.05) is 42.8 Å². The number of carbonyl (C=O) groups excluding carboxylic acids is 1. The van der Waals surface area contributed by atoms with Crippen molar-refractivity contribution in [3.05, 3.63) is 34.7 Å². The molecule has 0 spiro atoms. The predicted molar refractivity (Wildman–Crippen MR) is 83.7 cm³/mol. The van der Waals surface area contributed by atoms with Crippen molar-refractivity contribution < 1.29 is 4.79 Å². The summed E-state index contributed by atoms with van der Waals surface area (Å²) in [7, 11) is 0. The van der Waals surface area contributed by atoms with E-state index in [-0.39, 0.29) is 11.8 Å². The van der Waals surface area contributed by atoms with Crippen molar-refractivity contribution in [1.82, 2.24) is 14.7 Å². The Kier molecular flexibility index (Phi) is 5.17. The van der Waals surface area contributed by atoms with Crippen LogP contribution in [0.25, 0.3) is 5.65 Å². The fraction of sp³-hybridized carbons (Fsp3) is 0.467. The Hall–Kier alpha value is -1.36. The van der Waals surface area contributed by atoms with Crippen LogP contribution >= 0.6 is 15.9 Å². The first kappa shape index (κ1) is 15.0. The first-order valence-electron chi connectivity index (χ1n) is 7.04. The Balaban J connectivity index is 1.91. The van der Waals surface area contributed by atoms with Crippen LogP contribution in [-0.4, -0.2) is 21.8 Å². The summed E-state index contributed by atoms with van der Waals surface area (Å²) in [5.41, 5.74) is 1.92. The monoisotopic (exact) mass is 337 g/mol. The van der Waals surface area contributed by atoms with Gasteiger partial charge in [-0.1, -0.05) is 13.8 Å². The molecule has 0 saturated carbocycles. The van der Waals surface area contributed by atoms with E-state index in [2.05, 4.69) is 26.2 Å². The van der Waals surface area contributed by atoms with E-state index in [0.717, 1.165) is 35.1 Å². The van der Waals surface area contributed by atoms with Gasteiger partial charge in [-0.3, -0.25) is 4.79 Å². The Morgan fingerprint density at radius 3 is 2.80 bits per heavy atom. The van der Waals surface area contributed by atoms with Crippen molar-refractivity contribution in [1.29, 1.82) is 0 Å². The lowest BCUT2D eigenvalue weighted by Gasteiger charge is -2.11. The highest BCUT2D eigenvalue weighted by Gasteiger charge is 2.13. The number of aromatic nitrogens is 2. The van der Waals surface area contributed by atoms with Gasteiger partial charge in [-0.2, -0.15) is 0 Å². The second kappa shape index (κ2) is 6.88. The molecule has 20 heavy (non-hydrogen) atoms. The maximum atomic E-state index is 11.9. The second-order valence-corrected chi connectivity index (χ2v) is 5.82. The molecule has 0 fully saturated rings. The van der Waals surface area contributed by atoms with Crippen LogP contribution in [0.2, 0.25) is 0 Å². The number of carbonyl (C=O) groups is 1. The van der Waals surface area contributed by atoms with Gasteiger partial charge in [0.1, 0.15) is 5.65 Å². The molecule has 0 aliphatic heterocycles. The van der Waals surface area contributed by atoms with Crippen molar-refractivity contribution in [2.45, 2.75) is 33.1 Å². The van der Waals surface area contributed by atoms with E-state index in [4.69, 9.17) is 0 Å². The number of nitrogens with zero attached hydrogens (tertiary/aromatic N) is 2. The lowest BCUT2D eigenvalue weighted by Crippen LogP contribution is -2.31. The highest BCUT2D eigenvalue weighted by atomic mass is 79.9. The number of amides is 1. The normalized spacial score (nSPS) is 11.2. The third-order valence-corrected chi connectivity index (χ3v) is 3.97. The maximum Gasteiger partial charge on any atom is 0.223 e. The van der Waals surface area contributed by atoms with Crippen LogP contribution in [0.1, 0.15) is 32.4 Å². The Bertz CT molecular complexity index is 590. The van der Waals surface area contributed by atoms with Gasteiger partial charge in [0.05, 0.1) is 5.69 Å². The second-order valence-electron chi connectivity index (χ2n) is 4.90. The Morgan fingerprint density at radius 2 is 2.10 bits per heavy atom. The molecule has 1 amide bonds. The maximum absolute atomic E-state index is 11.9. The molecule has 0 aromatic carbocycles. The van der Waals surface area contributed by atoms with Crippen molar-refractivity contribution in [2.75, 3.05) is 6.54 Å². The molecule has 0 bridgehead atoms. The zero-order valence-corrected chi connectivity index (χ0v) is 13.5. The molecule has 0 saturated heterocycles. The van der Waals surface area contributed by atoms with Crippen molar-refractivity contribution >= 4 is 27.5 Å². The van der Waals surface area contributed by atoms with E-state index in [1.165, 1.54) is 0 Å². The SMILES string of the molecule is CCC(CC)C(=O)NCCc1cn2cc(Br)ccc2n1. The fourth-order valence-electron chi connectivity index (χ4n) is 2.26. The van der Waals surface area contributed by atoms with Crippen LogP contribution in [0.4, 0.5) is 0 Å². The summed E-state index contributed by atoms with van der Waals surface area (Å²) < 4.78 is 3.01. The molecule has 2 heterocycles. The smallest absolute Gasteiger partial charge is 0.223 e.